The zero-order valence-corrected chi connectivity index (χ0v) is 18.3. The predicted octanol–water partition coefficient (Wildman–Crippen LogP) is 5.73. The van der Waals surface area contributed by atoms with Gasteiger partial charge in [0.15, 0.2) is 5.76 Å². The van der Waals surface area contributed by atoms with Gasteiger partial charge in [-0.1, -0.05) is 24.3 Å². The van der Waals surface area contributed by atoms with E-state index in [0.717, 1.165) is 16.5 Å². The SMILES string of the molecule is COc1ccc(CNC(=O)c2oc3ccccc3c2CSc2cccs2)c(OC)c1. The molecule has 0 aliphatic heterocycles. The summed E-state index contributed by atoms with van der Waals surface area (Å²) in [6.07, 6.45) is 0. The second-order valence-corrected chi connectivity index (χ2v) is 8.71. The summed E-state index contributed by atoms with van der Waals surface area (Å²) in [6, 6.07) is 17.4. The summed E-state index contributed by atoms with van der Waals surface area (Å²) in [4.78, 5) is 13.0. The summed E-state index contributed by atoms with van der Waals surface area (Å²) in [6.45, 7) is 0.320. The Morgan fingerprint density at radius 2 is 1.97 bits per heavy atom. The van der Waals surface area contributed by atoms with Gasteiger partial charge in [-0.15, -0.1) is 23.1 Å². The van der Waals surface area contributed by atoms with Crippen LogP contribution in [0.15, 0.2) is 68.6 Å². The highest BCUT2D eigenvalue weighted by Gasteiger charge is 2.21. The number of furan rings is 1. The van der Waals surface area contributed by atoms with E-state index in [1.54, 1.807) is 43.4 Å². The molecule has 0 unspecified atom stereocenters. The van der Waals surface area contributed by atoms with Crippen LogP contribution in [0, 0.1) is 0 Å². The third kappa shape index (κ3) is 4.32. The Kier molecular flexibility index (Phi) is 6.30. The molecular formula is C23H21NO4S2. The first-order chi connectivity index (χ1) is 14.7. The van der Waals surface area contributed by atoms with E-state index in [0.29, 0.717) is 35.1 Å². The first-order valence-electron chi connectivity index (χ1n) is 9.35. The normalized spacial score (nSPS) is 10.9. The molecule has 0 spiro atoms. The van der Waals surface area contributed by atoms with Crippen molar-refractivity contribution in [1.82, 2.24) is 5.32 Å². The topological polar surface area (TPSA) is 60.7 Å². The fraction of sp³-hybridized carbons (Fsp3) is 0.174. The van der Waals surface area contributed by atoms with E-state index < -0.39 is 0 Å². The van der Waals surface area contributed by atoms with E-state index in [4.69, 9.17) is 13.9 Å². The Hall–Kier alpha value is -2.90. The molecule has 0 aliphatic carbocycles. The average Bonchev–Trinajstić information content (AvgIpc) is 3.43. The Labute approximate surface area is 183 Å². The molecule has 4 aromatic rings. The van der Waals surface area contributed by atoms with E-state index >= 15 is 0 Å². The Balaban J connectivity index is 1.56. The highest BCUT2D eigenvalue weighted by molar-refractivity contribution is 8.00. The van der Waals surface area contributed by atoms with Gasteiger partial charge in [-0.05, 0) is 29.6 Å². The third-order valence-corrected chi connectivity index (χ3v) is 6.85. The van der Waals surface area contributed by atoms with Crippen LogP contribution < -0.4 is 14.8 Å². The number of carbonyl (C=O) groups excluding carboxylic acids is 1. The van der Waals surface area contributed by atoms with E-state index in [1.165, 1.54) is 4.21 Å². The van der Waals surface area contributed by atoms with Gasteiger partial charge < -0.3 is 19.2 Å². The van der Waals surface area contributed by atoms with Crippen LogP contribution in [0.25, 0.3) is 11.0 Å². The minimum atomic E-state index is -0.245. The van der Waals surface area contributed by atoms with Gasteiger partial charge in [-0.2, -0.15) is 0 Å². The van der Waals surface area contributed by atoms with Gasteiger partial charge in [0.2, 0.25) is 0 Å². The molecule has 0 saturated carbocycles. The number of methoxy groups -OCH3 is 2. The lowest BCUT2D eigenvalue weighted by Gasteiger charge is -2.11. The number of carbonyl (C=O) groups is 1. The number of ether oxygens (including phenoxy) is 2. The second kappa shape index (κ2) is 9.28. The molecule has 0 aliphatic rings. The van der Waals surface area contributed by atoms with Crippen molar-refractivity contribution in [3.05, 3.63) is 76.9 Å². The summed E-state index contributed by atoms with van der Waals surface area (Å²) in [7, 11) is 3.20. The summed E-state index contributed by atoms with van der Waals surface area (Å²) in [5.74, 6) is 2.13. The highest BCUT2D eigenvalue weighted by atomic mass is 32.2. The molecule has 4 rings (SSSR count). The quantitative estimate of drug-likeness (QED) is 0.355. The molecule has 2 heterocycles. The van der Waals surface area contributed by atoms with Gasteiger partial charge in [0, 0.05) is 34.9 Å². The van der Waals surface area contributed by atoms with Crippen LogP contribution in [0.3, 0.4) is 0 Å². The molecule has 1 N–H and O–H groups in total. The molecule has 5 nitrogen and oxygen atoms in total. The van der Waals surface area contributed by atoms with Gasteiger partial charge in [0.05, 0.1) is 18.4 Å². The number of nitrogens with one attached hydrogen (secondary N) is 1. The second-order valence-electron chi connectivity index (χ2n) is 6.49. The van der Waals surface area contributed by atoms with E-state index in [-0.39, 0.29) is 5.91 Å². The standard InChI is InChI=1S/C23H21NO4S2/c1-26-16-10-9-15(20(12-16)27-2)13-24-23(25)22-18(14-30-21-8-5-11-29-21)17-6-3-4-7-19(17)28-22/h3-12H,13-14H2,1-2H3,(H,24,25). The first kappa shape index (κ1) is 20.4. The maximum atomic E-state index is 13.0. The summed E-state index contributed by atoms with van der Waals surface area (Å²) in [5.41, 5.74) is 2.48. The fourth-order valence-corrected chi connectivity index (χ4v) is 4.98. The largest absolute Gasteiger partial charge is 0.497 e. The Morgan fingerprint density at radius 1 is 1.10 bits per heavy atom. The predicted molar refractivity (Wildman–Crippen MR) is 121 cm³/mol. The highest BCUT2D eigenvalue weighted by Crippen LogP contribution is 2.34. The molecule has 2 aromatic heterocycles. The van der Waals surface area contributed by atoms with Gasteiger partial charge >= 0.3 is 0 Å². The van der Waals surface area contributed by atoms with Crippen molar-refractivity contribution in [1.29, 1.82) is 0 Å². The van der Waals surface area contributed by atoms with Crippen molar-refractivity contribution in [2.24, 2.45) is 0 Å². The smallest absolute Gasteiger partial charge is 0.287 e. The minimum Gasteiger partial charge on any atom is -0.497 e. The summed E-state index contributed by atoms with van der Waals surface area (Å²) >= 11 is 3.39. The van der Waals surface area contributed by atoms with Crippen LogP contribution >= 0.6 is 23.1 Å². The van der Waals surface area contributed by atoms with Crippen LogP contribution in [0.2, 0.25) is 0 Å². The van der Waals surface area contributed by atoms with E-state index in [9.17, 15) is 4.79 Å². The lowest BCUT2D eigenvalue weighted by atomic mass is 10.1. The molecule has 7 heteroatoms. The maximum absolute atomic E-state index is 13.0. The number of rotatable bonds is 8. The van der Waals surface area contributed by atoms with E-state index in [1.807, 2.05) is 47.8 Å². The van der Waals surface area contributed by atoms with Crippen molar-refractivity contribution >= 4 is 40.0 Å². The number of hydrogen-bond acceptors (Lipinski definition) is 6. The van der Waals surface area contributed by atoms with Crippen molar-refractivity contribution < 1.29 is 18.7 Å². The molecule has 30 heavy (non-hydrogen) atoms. The number of thioether (sulfide) groups is 1. The maximum Gasteiger partial charge on any atom is 0.287 e. The molecule has 2 aromatic carbocycles. The molecule has 0 saturated heterocycles. The molecule has 0 fully saturated rings. The molecule has 0 bridgehead atoms. The molecule has 0 radical (unpaired) electrons. The van der Waals surface area contributed by atoms with Gasteiger partial charge in [0.1, 0.15) is 17.1 Å². The number of amides is 1. The van der Waals surface area contributed by atoms with Crippen LogP contribution in [0.1, 0.15) is 21.7 Å². The first-order valence-corrected chi connectivity index (χ1v) is 11.2. The monoisotopic (exact) mass is 439 g/mol. The molecular weight excluding hydrogens is 418 g/mol. The molecule has 1 amide bonds. The number of hydrogen-bond donors (Lipinski definition) is 1. The summed E-state index contributed by atoms with van der Waals surface area (Å²) < 4.78 is 17.8. The van der Waals surface area contributed by atoms with Crippen molar-refractivity contribution in [3.63, 3.8) is 0 Å². The molecule has 0 atom stereocenters. The third-order valence-electron chi connectivity index (χ3n) is 4.69. The lowest BCUT2D eigenvalue weighted by Crippen LogP contribution is -2.23. The number of para-hydroxylation sites is 1. The molecule has 154 valence electrons. The summed E-state index contributed by atoms with van der Waals surface area (Å²) in [5, 5.41) is 5.98. The van der Waals surface area contributed by atoms with Gasteiger partial charge in [0.25, 0.3) is 5.91 Å². The van der Waals surface area contributed by atoms with Crippen molar-refractivity contribution in [2.75, 3.05) is 14.2 Å². The average molecular weight is 440 g/mol. The zero-order chi connectivity index (χ0) is 20.9. The zero-order valence-electron chi connectivity index (χ0n) is 16.6. The Morgan fingerprint density at radius 3 is 2.73 bits per heavy atom. The van der Waals surface area contributed by atoms with Crippen LogP contribution in [-0.4, -0.2) is 20.1 Å². The van der Waals surface area contributed by atoms with Gasteiger partial charge in [-0.25, -0.2) is 0 Å². The lowest BCUT2D eigenvalue weighted by molar-refractivity contribution is 0.0924. The number of fused-ring (bicyclic) bond motifs is 1. The number of thiophene rings is 1. The van der Waals surface area contributed by atoms with Crippen molar-refractivity contribution in [3.8, 4) is 11.5 Å². The van der Waals surface area contributed by atoms with Crippen LogP contribution in [0.4, 0.5) is 0 Å². The number of benzene rings is 2. The van der Waals surface area contributed by atoms with Gasteiger partial charge in [-0.3, -0.25) is 4.79 Å². The minimum absolute atomic E-state index is 0.245. The Bertz CT molecular complexity index is 1150. The van der Waals surface area contributed by atoms with Crippen LogP contribution in [-0.2, 0) is 12.3 Å². The van der Waals surface area contributed by atoms with E-state index in [2.05, 4.69) is 11.4 Å². The van der Waals surface area contributed by atoms with Crippen molar-refractivity contribution in [2.45, 2.75) is 16.5 Å². The van der Waals surface area contributed by atoms with Crippen LogP contribution in [0.5, 0.6) is 11.5 Å². The fourth-order valence-electron chi connectivity index (χ4n) is 3.17.